The predicted molar refractivity (Wildman–Crippen MR) is 119 cm³/mol. The second-order valence-electron chi connectivity index (χ2n) is 8.25. The maximum Gasteiger partial charge on any atom is 0.240 e. The Labute approximate surface area is 181 Å². The molecule has 3 aliphatic rings. The van der Waals surface area contributed by atoms with E-state index in [9.17, 15) is 4.79 Å². The van der Waals surface area contributed by atoms with Crippen molar-refractivity contribution >= 4 is 23.6 Å². The summed E-state index contributed by atoms with van der Waals surface area (Å²) in [5.41, 5.74) is 1.000. The lowest BCUT2D eigenvalue weighted by atomic mass is 10.1. The minimum Gasteiger partial charge on any atom is -0.339 e. The highest BCUT2D eigenvalue weighted by atomic mass is 32.2. The van der Waals surface area contributed by atoms with Crippen LogP contribution in [0.3, 0.4) is 0 Å². The van der Waals surface area contributed by atoms with Gasteiger partial charge in [0, 0.05) is 63.5 Å². The van der Waals surface area contributed by atoms with Gasteiger partial charge in [0.05, 0.1) is 17.6 Å². The van der Waals surface area contributed by atoms with Crippen LogP contribution in [-0.4, -0.2) is 93.2 Å². The third-order valence-electron chi connectivity index (χ3n) is 6.29. The van der Waals surface area contributed by atoms with Gasteiger partial charge in [-0.15, -0.1) is 11.8 Å². The number of aromatic nitrogens is 3. The van der Waals surface area contributed by atoms with E-state index in [1.807, 2.05) is 48.0 Å². The van der Waals surface area contributed by atoms with Crippen LogP contribution in [0.25, 0.3) is 5.82 Å². The first-order chi connectivity index (χ1) is 14.7. The topological polar surface area (TPSA) is 69.5 Å². The first kappa shape index (κ1) is 19.8. The average molecular weight is 428 g/mol. The molecule has 30 heavy (non-hydrogen) atoms. The van der Waals surface area contributed by atoms with Crippen LogP contribution in [-0.2, 0) is 4.79 Å². The summed E-state index contributed by atoms with van der Waals surface area (Å²) in [7, 11) is 0. The molecule has 5 rings (SSSR count). The molecule has 5 heterocycles. The Balaban J connectivity index is 1.20. The Kier molecular flexibility index (Phi) is 5.66. The second-order valence-corrected chi connectivity index (χ2v) is 9.33. The third kappa shape index (κ3) is 3.93. The Morgan fingerprint density at radius 1 is 1.20 bits per heavy atom. The molecular weight excluding hydrogens is 398 g/mol. The number of amides is 1. The van der Waals surface area contributed by atoms with E-state index in [0.29, 0.717) is 6.04 Å². The second kappa shape index (κ2) is 8.56. The summed E-state index contributed by atoms with van der Waals surface area (Å²) >= 11 is 1.85. The van der Waals surface area contributed by atoms with Gasteiger partial charge in [0.25, 0.3) is 0 Å². The van der Waals surface area contributed by atoms with E-state index >= 15 is 0 Å². The van der Waals surface area contributed by atoms with Crippen molar-refractivity contribution in [1.29, 1.82) is 0 Å². The van der Waals surface area contributed by atoms with Gasteiger partial charge in [-0.3, -0.25) is 14.3 Å². The van der Waals surface area contributed by atoms with Gasteiger partial charge in [-0.05, 0) is 25.5 Å². The Bertz CT molecular complexity index is 875. The van der Waals surface area contributed by atoms with Gasteiger partial charge in [-0.2, -0.15) is 0 Å². The fraction of sp³-hybridized carbons (Fsp3) is 0.571. The minimum absolute atomic E-state index is 0.0163. The number of nitrogens with zero attached hydrogens (tertiary/aromatic N) is 6. The van der Waals surface area contributed by atoms with E-state index in [1.54, 1.807) is 0 Å². The summed E-state index contributed by atoms with van der Waals surface area (Å²) < 4.78 is 2.09. The first-order valence-corrected chi connectivity index (χ1v) is 11.9. The molecule has 2 atom stereocenters. The highest BCUT2D eigenvalue weighted by molar-refractivity contribution is 7.99. The summed E-state index contributed by atoms with van der Waals surface area (Å²) in [4.78, 5) is 28.9. The molecule has 0 aliphatic carbocycles. The lowest BCUT2D eigenvalue weighted by Gasteiger charge is -2.38. The van der Waals surface area contributed by atoms with Gasteiger partial charge >= 0.3 is 0 Å². The van der Waals surface area contributed by atoms with Crippen molar-refractivity contribution in [2.45, 2.75) is 25.4 Å². The van der Waals surface area contributed by atoms with Crippen molar-refractivity contribution < 1.29 is 4.79 Å². The number of thioether (sulfide) groups is 1. The van der Waals surface area contributed by atoms with Crippen LogP contribution in [0.2, 0.25) is 0 Å². The highest BCUT2D eigenvalue weighted by Gasteiger charge is 2.37. The fourth-order valence-corrected chi connectivity index (χ4v) is 5.61. The third-order valence-corrected chi connectivity index (χ3v) is 7.25. The maximum absolute atomic E-state index is 12.7. The smallest absolute Gasteiger partial charge is 0.240 e. The Hall–Kier alpha value is -2.10. The van der Waals surface area contributed by atoms with Crippen LogP contribution < -0.4 is 10.2 Å². The lowest BCUT2D eigenvalue weighted by molar-refractivity contribution is -0.131. The van der Waals surface area contributed by atoms with Crippen LogP contribution in [0, 0.1) is 6.92 Å². The zero-order chi connectivity index (χ0) is 20.5. The quantitative estimate of drug-likeness (QED) is 0.779. The largest absolute Gasteiger partial charge is 0.339 e. The summed E-state index contributed by atoms with van der Waals surface area (Å²) in [6.07, 6.45) is 4.79. The molecular formula is C21H29N7OS. The van der Waals surface area contributed by atoms with Crippen LogP contribution in [0.5, 0.6) is 0 Å². The number of rotatable bonds is 4. The van der Waals surface area contributed by atoms with Gasteiger partial charge in [0.1, 0.15) is 5.82 Å². The molecule has 3 saturated heterocycles. The predicted octanol–water partition coefficient (Wildman–Crippen LogP) is 0.961. The van der Waals surface area contributed by atoms with Crippen LogP contribution in [0.4, 0.5) is 5.95 Å². The van der Waals surface area contributed by atoms with Crippen LogP contribution in [0.15, 0.2) is 30.6 Å². The van der Waals surface area contributed by atoms with Crippen molar-refractivity contribution in [2.24, 2.45) is 0 Å². The Morgan fingerprint density at radius 3 is 2.80 bits per heavy atom. The number of hydrogen-bond donors (Lipinski definition) is 1. The molecule has 1 amide bonds. The van der Waals surface area contributed by atoms with Crippen LogP contribution in [0.1, 0.15) is 12.1 Å². The molecule has 2 aromatic rings. The molecule has 3 fully saturated rings. The number of aryl methyl sites for hydroxylation is 1. The Morgan fingerprint density at radius 2 is 2.07 bits per heavy atom. The molecule has 160 valence electrons. The average Bonchev–Trinajstić information content (AvgIpc) is 3.55. The van der Waals surface area contributed by atoms with Gasteiger partial charge in [0.2, 0.25) is 11.9 Å². The molecule has 2 aromatic heterocycles. The zero-order valence-corrected chi connectivity index (χ0v) is 18.2. The first-order valence-electron chi connectivity index (χ1n) is 10.8. The zero-order valence-electron chi connectivity index (χ0n) is 17.4. The van der Waals surface area contributed by atoms with Gasteiger partial charge < -0.3 is 15.1 Å². The van der Waals surface area contributed by atoms with Crippen molar-refractivity contribution in [3.63, 3.8) is 0 Å². The number of carbonyl (C=O) groups is 1. The number of carbonyl (C=O) groups excluding carboxylic acids is 1. The molecule has 1 N–H and O–H groups in total. The molecule has 3 aliphatic heterocycles. The van der Waals surface area contributed by atoms with Crippen LogP contribution >= 0.6 is 11.8 Å². The molecule has 0 bridgehead atoms. The summed E-state index contributed by atoms with van der Waals surface area (Å²) in [6, 6.07) is 6.37. The number of nitrogens with one attached hydrogen (secondary N) is 1. The number of imidazole rings is 1. The van der Waals surface area contributed by atoms with E-state index < -0.39 is 0 Å². The number of pyridine rings is 1. The molecule has 9 heteroatoms. The summed E-state index contributed by atoms with van der Waals surface area (Å²) in [5.74, 6) is 4.07. The standard InChI is InChI=1S/C21H29N7OS/c1-16-14-28(19-4-2-3-5-22-19)21(24-16)26-8-6-25(7-9-26)17-12-18(23-13-17)20(29)27-10-11-30-15-27/h2-5,14,17-18,23H,6-13,15H2,1H3/t17-,18-/m0/s1. The molecule has 0 saturated carbocycles. The van der Waals surface area contributed by atoms with E-state index in [4.69, 9.17) is 4.98 Å². The molecule has 0 unspecified atom stereocenters. The van der Waals surface area contributed by atoms with Gasteiger partial charge in [0.15, 0.2) is 0 Å². The monoisotopic (exact) mass is 427 g/mol. The van der Waals surface area contributed by atoms with Crippen molar-refractivity contribution in [1.82, 2.24) is 29.7 Å². The highest BCUT2D eigenvalue weighted by Crippen LogP contribution is 2.24. The summed E-state index contributed by atoms with van der Waals surface area (Å²) in [5, 5.41) is 3.48. The van der Waals surface area contributed by atoms with Gasteiger partial charge in [-0.1, -0.05) is 6.07 Å². The molecule has 8 nitrogen and oxygen atoms in total. The number of hydrogen-bond acceptors (Lipinski definition) is 7. The SMILES string of the molecule is Cc1cn(-c2ccccn2)c(N2CCN([C@@H]3CN[C@H](C(=O)N4CCSC4)C3)CC2)n1. The molecule has 0 aromatic carbocycles. The maximum atomic E-state index is 12.7. The van der Waals surface area contributed by atoms with E-state index in [2.05, 4.69) is 30.9 Å². The van der Waals surface area contributed by atoms with Crippen molar-refractivity contribution in [3.05, 3.63) is 36.3 Å². The van der Waals surface area contributed by atoms with E-state index in [1.165, 1.54) is 0 Å². The van der Waals surface area contributed by atoms with Gasteiger partial charge in [-0.25, -0.2) is 9.97 Å². The summed E-state index contributed by atoms with van der Waals surface area (Å²) in [6.45, 7) is 7.66. The lowest BCUT2D eigenvalue weighted by Crippen LogP contribution is -2.51. The molecule has 0 radical (unpaired) electrons. The van der Waals surface area contributed by atoms with Crippen molar-refractivity contribution in [3.8, 4) is 5.82 Å². The number of piperazine rings is 1. The van der Waals surface area contributed by atoms with Crippen molar-refractivity contribution in [2.75, 3.05) is 55.8 Å². The van der Waals surface area contributed by atoms with E-state index in [-0.39, 0.29) is 11.9 Å². The fourth-order valence-electron chi connectivity index (χ4n) is 4.65. The molecule has 0 spiro atoms. The number of anilines is 1. The normalized spacial score (nSPS) is 25.2. The minimum atomic E-state index is -0.0163. The van der Waals surface area contributed by atoms with E-state index in [0.717, 1.165) is 74.8 Å².